The van der Waals surface area contributed by atoms with E-state index in [1.165, 1.54) is 24.7 Å². The standard InChI is InChI=1S/C24H20ClF3N4O2/c1-14(2)34-21-7-6-15(10-19(21)25)23(33)31-20-5-3-4-18-17(8-9-29-22(18)20)16-11-30-32(12-16)13-24(26,27)28/h3-12,14H,13H2,1-2H3,(H,31,33). The highest BCUT2D eigenvalue weighted by atomic mass is 35.5. The number of alkyl halides is 3. The topological polar surface area (TPSA) is 69.0 Å². The zero-order chi connectivity index (χ0) is 24.5. The Bertz CT molecular complexity index is 1350. The number of ether oxygens (including phenoxy) is 1. The van der Waals surface area contributed by atoms with Crippen LogP contribution in [0.25, 0.3) is 22.0 Å². The van der Waals surface area contributed by atoms with Gasteiger partial charge in [-0.25, -0.2) is 0 Å². The van der Waals surface area contributed by atoms with Crippen LogP contribution in [-0.4, -0.2) is 33.0 Å². The van der Waals surface area contributed by atoms with E-state index in [0.717, 1.165) is 4.68 Å². The van der Waals surface area contributed by atoms with Crippen molar-refractivity contribution < 1.29 is 22.7 Å². The van der Waals surface area contributed by atoms with Crippen molar-refractivity contribution in [1.82, 2.24) is 14.8 Å². The maximum Gasteiger partial charge on any atom is 0.408 e. The van der Waals surface area contributed by atoms with Gasteiger partial charge in [0.15, 0.2) is 0 Å². The second-order valence-electron chi connectivity index (χ2n) is 7.87. The average Bonchev–Trinajstić information content (AvgIpc) is 3.21. The highest BCUT2D eigenvalue weighted by Crippen LogP contribution is 2.32. The molecule has 4 aromatic rings. The molecule has 0 spiro atoms. The molecule has 176 valence electrons. The number of anilines is 1. The summed E-state index contributed by atoms with van der Waals surface area (Å²) >= 11 is 6.25. The van der Waals surface area contributed by atoms with Gasteiger partial charge in [0, 0.05) is 28.9 Å². The number of fused-ring (bicyclic) bond motifs is 1. The molecule has 34 heavy (non-hydrogen) atoms. The molecule has 0 fully saturated rings. The van der Waals surface area contributed by atoms with Crippen molar-refractivity contribution >= 4 is 34.1 Å². The molecule has 2 aromatic heterocycles. The van der Waals surface area contributed by atoms with E-state index in [0.29, 0.717) is 44.1 Å². The molecule has 2 aromatic carbocycles. The van der Waals surface area contributed by atoms with E-state index in [4.69, 9.17) is 16.3 Å². The number of pyridine rings is 1. The number of nitrogens with one attached hydrogen (secondary N) is 1. The minimum Gasteiger partial charge on any atom is -0.489 e. The third kappa shape index (κ3) is 5.31. The normalized spacial score (nSPS) is 11.7. The number of carbonyl (C=O) groups excluding carboxylic acids is 1. The Morgan fingerprint density at radius 2 is 2.00 bits per heavy atom. The fourth-order valence-corrected chi connectivity index (χ4v) is 3.71. The Balaban J connectivity index is 1.63. The van der Waals surface area contributed by atoms with E-state index in [2.05, 4.69) is 15.4 Å². The third-order valence-electron chi connectivity index (χ3n) is 4.86. The van der Waals surface area contributed by atoms with Crippen LogP contribution >= 0.6 is 11.6 Å². The van der Waals surface area contributed by atoms with E-state index < -0.39 is 18.6 Å². The molecule has 0 atom stereocenters. The van der Waals surface area contributed by atoms with Gasteiger partial charge in [0.2, 0.25) is 0 Å². The number of para-hydroxylation sites is 1. The molecule has 4 rings (SSSR count). The van der Waals surface area contributed by atoms with Crippen LogP contribution in [0.5, 0.6) is 5.75 Å². The number of carbonyl (C=O) groups is 1. The second-order valence-corrected chi connectivity index (χ2v) is 8.28. The van der Waals surface area contributed by atoms with Gasteiger partial charge in [-0.05, 0) is 49.7 Å². The number of aromatic nitrogens is 3. The summed E-state index contributed by atoms with van der Waals surface area (Å²) < 4.78 is 44.5. The molecule has 0 saturated heterocycles. The SMILES string of the molecule is CC(C)Oc1ccc(C(=O)Nc2cccc3c(-c4cnn(CC(F)(F)F)c4)ccnc23)cc1Cl. The van der Waals surface area contributed by atoms with Gasteiger partial charge in [0.05, 0.1) is 28.5 Å². The summed E-state index contributed by atoms with van der Waals surface area (Å²) in [5, 5.41) is 7.62. The van der Waals surface area contributed by atoms with Gasteiger partial charge >= 0.3 is 6.18 Å². The molecule has 0 unspecified atom stereocenters. The average molecular weight is 489 g/mol. The van der Waals surface area contributed by atoms with Crippen molar-refractivity contribution in [3.63, 3.8) is 0 Å². The van der Waals surface area contributed by atoms with Gasteiger partial charge in [-0.3, -0.25) is 14.5 Å². The zero-order valence-corrected chi connectivity index (χ0v) is 19.0. The first kappa shape index (κ1) is 23.6. The summed E-state index contributed by atoms with van der Waals surface area (Å²) in [6.07, 6.45) is -0.203. The molecule has 2 heterocycles. The van der Waals surface area contributed by atoms with Crippen molar-refractivity contribution in [2.75, 3.05) is 5.32 Å². The van der Waals surface area contributed by atoms with E-state index in [-0.39, 0.29) is 6.10 Å². The molecule has 0 radical (unpaired) electrons. The summed E-state index contributed by atoms with van der Waals surface area (Å²) in [5.41, 5.74) is 2.43. The van der Waals surface area contributed by atoms with Crippen LogP contribution in [0.4, 0.5) is 18.9 Å². The summed E-state index contributed by atoms with van der Waals surface area (Å²) in [6.45, 7) is 2.57. The van der Waals surface area contributed by atoms with Crippen LogP contribution in [-0.2, 0) is 6.54 Å². The fraction of sp³-hybridized carbons (Fsp3) is 0.208. The third-order valence-corrected chi connectivity index (χ3v) is 5.16. The number of halogens is 4. The number of amides is 1. The van der Waals surface area contributed by atoms with Crippen LogP contribution in [0.3, 0.4) is 0 Å². The molecule has 0 saturated carbocycles. The van der Waals surface area contributed by atoms with E-state index in [9.17, 15) is 18.0 Å². The lowest BCUT2D eigenvalue weighted by molar-refractivity contribution is -0.142. The Morgan fingerprint density at radius 1 is 1.21 bits per heavy atom. The molecule has 0 aliphatic rings. The van der Waals surface area contributed by atoms with Gasteiger partial charge in [-0.1, -0.05) is 23.7 Å². The summed E-state index contributed by atoms with van der Waals surface area (Å²) in [4.78, 5) is 17.3. The Hall–Kier alpha value is -3.59. The lowest BCUT2D eigenvalue weighted by Crippen LogP contribution is -2.17. The molecule has 10 heteroatoms. The Kier molecular flexibility index (Phi) is 6.47. The van der Waals surface area contributed by atoms with E-state index in [1.807, 2.05) is 13.8 Å². The Morgan fingerprint density at radius 3 is 2.71 bits per heavy atom. The van der Waals surface area contributed by atoms with Gasteiger partial charge in [-0.2, -0.15) is 18.3 Å². The first-order valence-corrected chi connectivity index (χ1v) is 10.7. The maximum absolute atomic E-state index is 12.9. The highest BCUT2D eigenvalue weighted by Gasteiger charge is 2.28. The molecule has 6 nitrogen and oxygen atoms in total. The minimum atomic E-state index is -4.37. The predicted octanol–water partition coefficient (Wildman–Crippen LogP) is 6.35. The molecule has 1 amide bonds. The number of hydrogen-bond donors (Lipinski definition) is 1. The molecule has 0 aliphatic heterocycles. The Labute approximate surface area is 198 Å². The monoisotopic (exact) mass is 488 g/mol. The second kappa shape index (κ2) is 9.34. The van der Waals surface area contributed by atoms with Crippen molar-refractivity contribution in [2.24, 2.45) is 0 Å². The predicted molar refractivity (Wildman–Crippen MR) is 124 cm³/mol. The number of rotatable bonds is 6. The molecule has 1 N–H and O–H groups in total. The highest BCUT2D eigenvalue weighted by molar-refractivity contribution is 6.32. The van der Waals surface area contributed by atoms with Crippen LogP contribution in [0.15, 0.2) is 61.1 Å². The number of hydrogen-bond acceptors (Lipinski definition) is 4. The lowest BCUT2D eigenvalue weighted by atomic mass is 10.0. The fourth-order valence-electron chi connectivity index (χ4n) is 3.49. The van der Waals surface area contributed by atoms with Crippen LogP contribution in [0, 0.1) is 0 Å². The van der Waals surface area contributed by atoms with E-state index in [1.54, 1.807) is 36.4 Å². The van der Waals surface area contributed by atoms with Crippen LogP contribution in [0.2, 0.25) is 5.02 Å². The number of benzene rings is 2. The minimum absolute atomic E-state index is 0.0614. The van der Waals surface area contributed by atoms with Crippen molar-refractivity contribution in [3.8, 4) is 16.9 Å². The van der Waals surface area contributed by atoms with Gasteiger partial charge in [0.25, 0.3) is 5.91 Å². The zero-order valence-electron chi connectivity index (χ0n) is 18.2. The smallest absolute Gasteiger partial charge is 0.408 e. The summed E-state index contributed by atoms with van der Waals surface area (Å²) in [5.74, 6) is 0.0893. The first-order chi connectivity index (χ1) is 16.1. The van der Waals surface area contributed by atoms with Crippen molar-refractivity contribution in [2.45, 2.75) is 32.7 Å². The quantitative estimate of drug-likeness (QED) is 0.343. The van der Waals surface area contributed by atoms with Crippen LogP contribution in [0.1, 0.15) is 24.2 Å². The van der Waals surface area contributed by atoms with E-state index >= 15 is 0 Å². The summed E-state index contributed by atoms with van der Waals surface area (Å²) in [7, 11) is 0. The van der Waals surface area contributed by atoms with Crippen LogP contribution < -0.4 is 10.1 Å². The molecule has 0 bridgehead atoms. The van der Waals surface area contributed by atoms with Gasteiger partial charge in [0.1, 0.15) is 12.3 Å². The van der Waals surface area contributed by atoms with Gasteiger partial charge < -0.3 is 10.1 Å². The summed E-state index contributed by atoms with van der Waals surface area (Å²) in [6, 6.07) is 11.7. The maximum atomic E-state index is 12.9. The molecular weight excluding hydrogens is 469 g/mol. The van der Waals surface area contributed by atoms with Crippen molar-refractivity contribution in [3.05, 3.63) is 71.6 Å². The first-order valence-electron chi connectivity index (χ1n) is 10.4. The van der Waals surface area contributed by atoms with Crippen molar-refractivity contribution in [1.29, 1.82) is 0 Å². The lowest BCUT2D eigenvalue weighted by Gasteiger charge is -2.13. The molecular formula is C24H20ClF3N4O2. The molecule has 0 aliphatic carbocycles. The van der Waals surface area contributed by atoms with Gasteiger partial charge in [-0.15, -0.1) is 0 Å². The largest absolute Gasteiger partial charge is 0.489 e. The number of nitrogens with zero attached hydrogens (tertiary/aromatic N) is 3.